The van der Waals surface area contributed by atoms with E-state index in [1.165, 1.54) is 14.9 Å². The largest absolute Gasteiger partial charge is 0.309 e. The third-order valence-electron chi connectivity index (χ3n) is 3.47. The summed E-state index contributed by atoms with van der Waals surface area (Å²) in [4.78, 5) is 1.31. The molecule has 3 heteroatoms. The molecule has 0 aliphatic heterocycles. The van der Waals surface area contributed by atoms with Crippen LogP contribution < -0.4 is 5.32 Å². The highest BCUT2D eigenvalue weighted by Crippen LogP contribution is 2.37. The number of rotatable bonds is 7. The van der Waals surface area contributed by atoms with Crippen molar-refractivity contribution in [2.24, 2.45) is 0 Å². The fourth-order valence-corrected chi connectivity index (χ4v) is 4.22. The Bertz CT molecular complexity index is 544. The zero-order valence-corrected chi connectivity index (χ0v) is 15.0. The second-order valence-corrected chi connectivity index (χ2v) is 7.08. The average molecular weight is 364 g/mol. The Hall–Kier alpha value is -0.770. The molecule has 2 aromatic carbocycles. The molecule has 0 radical (unpaired) electrons. The highest BCUT2D eigenvalue weighted by atomic mass is 79.9. The van der Waals surface area contributed by atoms with E-state index in [1.54, 1.807) is 0 Å². The summed E-state index contributed by atoms with van der Waals surface area (Å²) in [5.41, 5.74) is 1.37. The fraction of sp³-hybridized carbons (Fsp3) is 0.333. The molecule has 0 heterocycles. The maximum atomic E-state index is 3.66. The molecule has 0 aliphatic carbocycles. The van der Waals surface area contributed by atoms with Gasteiger partial charge in [0, 0.05) is 20.7 Å². The van der Waals surface area contributed by atoms with E-state index in [0.717, 1.165) is 13.0 Å². The van der Waals surface area contributed by atoms with Crippen molar-refractivity contribution in [1.29, 1.82) is 0 Å². The summed E-state index contributed by atoms with van der Waals surface area (Å²) in [5, 5.41) is 4.16. The molecule has 1 nitrogen and oxygen atoms in total. The van der Waals surface area contributed by atoms with Gasteiger partial charge in [0.25, 0.3) is 0 Å². The van der Waals surface area contributed by atoms with E-state index in [4.69, 9.17) is 0 Å². The second-order valence-electron chi connectivity index (χ2n) is 4.94. The lowest BCUT2D eigenvalue weighted by Crippen LogP contribution is -2.29. The van der Waals surface area contributed by atoms with Crippen molar-refractivity contribution in [3.8, 4) is 0 Å². The van der Waals surface area contributed by atoms with Crippen LogP contribution in [-0.2, 0) is 0 Å². The molecular formula is C18H22BrNS. The molecule has 2 rings (SSSR count). The summed E-state index contributed by atoms with van der Waals surface area (Å²) in [6.07, 6.45) is 1.12. The van der Waals surface area contributed by atoms with E-state index in [2.05, 4.69) is 89.7 Å². The van der Waals surface area contributed by atoms with Gasteiger partial charge in [-0.2, -0.15) is 0 Å². The molecule has 2 unspecified atom stereocenters. The molecule has 21 heavy (non-hydrogen) atoms. The molecule has 0 spiro atoms. The first-order valence-corrected chi connectivity index (χ1v) is 9.13. The van der Waals surface area contributed by atoms with Crippen LogP contribution in [0.2, 0.25) is 0 Å². The van der Waals surface area contributed by atoms with E-state index in [0.29, 0.717) is 11.3 Å². The second kappa shape index (κ2) is 8.62. The SMILES string of the molecule is CCNC(c1ccccc1)C(CC)Sc1ccccc1Br. The first-order chi connectivity index (χ1) is 10.3. The molecule has 0 saturated heterocycles. The van der Waals surface area contributed by atoms with Gasteiger partial charge >= 0.3 is 0 Å². The summed E-state index contributed by atoms with van der Waals surface area (Å²) in [7, 11) is 0. The minimum Gasteiger partial charge on any atom is -0.309 e. The van der Waals surface area contributed by atoms with Crippen molar-refractivity contribution in [2.45, 2.75) is 36.5 Å². The Morgan fingerprint density at radius 2 is 1.67 bits per heavy atom. The predicted molar refractivity (Wildman–Crippen MR) is 96.9 cm³/mol. The summed E-state index contributed by atoms with van der Waals surface area (Å²) in [6, 6.07) is 19.6. The maximum Gasteiger partial charge on any atom is 0.0443 e. The number of hydrogen-bond acceptors (Lipinski definition) is 2. The van der Waals surface area contributed by atoms with Crippen molar-refractivity contribution in [2.75, 3.05) is 6.54 Å². The molecule has 1 N–H and O–H groups in total. The number of benzene rings is 2. The maximum absolute atomic E-state index is 3.66. The minimum atomic E-state index is 0.373. The first-order valence-electron chi connectivity index (χ1n) is 7.45. The van der Waals surface area contributed by atoms with Crippen LogP contribution in [0.25, 0.3) is 0 Å². The number of halogens is 1. The number of nitrogens with one attached hydrogen (secondary N) is 1. The highest BCUT2D eigenvalue weighted by molar-refractivity contribution is 9.10. The quantitative estimate of drug-likeness (QED) is 0.635. The van der Waals surface area contributed by atoms with Gasteiger partial charge in [0.15, 0.2) is 0 Å². The zero-order valence-electron chi connectivity index (χ0n) is 12.6. The molecular weight excluding hydrogens is 342 g/mol. The third kappa shape index (κ3) is 4.60. The summed E-state index contributed by atoms with van der Waals surface area (Å²) < 4.78 is 1.18. The lowest BCUT2D eigenvalue weighted by Gasteiger charge is -2.27. The highest BCUT2D eigenvalue weighted by Gasteiger charge is 2.22. The van der Waals surface area contributed by atoms with E-state index >= 15 is 0 Å². The van der Waals surface area contributed by atoms with E-state index in [-0.39, 0.29) is 0 Å². The molecule has 0 aliphatic rings. The van der Waals surface area contributed by atoms with Crippen LogP contribution in [0, 0.1) is 0 Å². The van der Waals surface area contributed by atoms with E-state index in [9.17, 15) is 0 Å². The number of thioether (sulfide) groups is 1. The molecule has 2 atom stereocenters. The Morgan fingerprint density at radius 3 is 2.29 bits per heavy atom. The minimum absolute atomic E-state index is 0.373. The Morgan fingerprint density at radius 1 is 1.00 bits per heavy atom. The van der Waals surface area contributed by atoms with E-state index in [1.807, 2.05) is 11.8 Å². The topological polar surface area (TPSA) is 12.0 Å². The van der Waals surface area contributed by atoms with Gasteiger partial charge in [-0.1, -0.05) is 56.3 Å². The van der Waals surface area contributed by atoms with Gasteiger partial charge in [0.05, 0.1) is 0 Å². The molecule has 0 amide bonds. The Balaban J connectivity index is 2.22. The summed E-state index contributed by atoms with van der Waals surface area (Å²) in [6.45, 7) is 5.42. The Labute approximate surface area is 140 Å². The van der Waals surface area contributed by atoms with Crippen molar-refractivity contribution < 1.29 is 0 Å². The van der Waals surface area contributed by atoms with Gasteiger partial charge in [-0.05, 0) is 46.6 Å². The third-order valence-corrected chi connectivity index (χ3v) is 5.94. The average Bonchev–Trinajstić information content (AvgIpc) is 2.53. The molecule has 0 bridgehead atoms. The van der Waals surface area contributed by atoms with Gasteiger partial charge in [-0.25, -0.2) is 0 Å². The molecule has 0 aromatic heterocycles. The van der Waals surface area contributed by atoms with Crippen molar-refractivity contribution in [1.82, 2.24) is 5.32 Å². The normalized spacial score (nSPS) is 13.9. The predicted octanol–water partition coefficient (Wildman–Crippen LogP) is 5.67. The lowest BCUT2D eigenvalue weighted by atomic mass is 10.0. The van der Waals surface area contributed by atoms with Crippen LogP contribution in [-0.4, -0.2) is 11.8 Å². The van der Waals surface area contributed by atoms with Gasteiger partial charge in [-0.15, -0.1) is 11.8 Å². The zero-order chi connectivity index (χ0) is 15.1. The van der Waals surface area contributed by atoms with Gasteiger partial charge < -0.3 is 5.32 Å². The monoisotopic (exact) mass is 363 g/mol. The Kier molecular flexibility index (Phi) is 6.81. The smallest absolute Gasteiger partial charge is 0.0443 e. The van der Waals surface area contributed by atoms with E-state index < -0.39 is 0 Å². The van der Waals surface area contributed by atoms with Crippen LogP contribution in [0.5, 0.6) is 0 Å². The van der Waals surface area contributed by atoms with Crippen LogP contribution >= 0.6 is 27.7 Å². The molecule has 2 aromatic rings. The first kappa shape index (κ1) is 16.6. The van der Waals surface area contributed by atoms with Crippen LogP contribution in [0.15, 0.2) is 64.0 Å². The van der Waals surface area contributed by atoms with Crippen LogP contribution in [0.4, 0.5) is 0 Å². The lowest BCUT2D eigenvalue weighted by molar-refractivity contribution is 0.521. The van der Waals surface area contributed by atoms with Crippen molar-refractivity contribution in [3.05, 3.63) is 64.6 Å². The summed E-state index contributed by atoms with van der Waals surface area (Å²) in [5.74, 6) is 0. The van der Waals surface area contributed by atoms with Gasteiger partial charge in [0.2, 0.25) is 0 Å². The standard InChI is InChI=1S/C18H22BrNS/c1-3-16(21-17-13-9-8-12-15(17)19)18(20-4-2)14-10-6-5-7-11-14/h5-13,16,18,20H,3-4H2,1-2H3. The van der Waals surface area contributed by atoms with Crippen LogP contribution in [0.3, 0.4) is 0 Å². The molecule has 0 fully saturated rings. The molecule has 0 saturated carbocycles. The molecule has 112 valence electrons. The summed E-state index contributed by atoms with van der Waals surface area (Å²) >= 11 is 5.61. The van der Waals surface area contributed by atoms with Gasteiger partial charge in [-0.3, -0.25) is 0 Å². The number of hydrogen-bond donors (Lipinski definition) is 1. The van der Waals surface area contributed by atoms with Gasteiger partial charge in [0.1, 0.15) is 0 Å². The van der Waals surface area contributed by atoms with Crippen molar-refractivity contribution >= 4 is 27.7 Å². The van der Waals surface area contributed by atoms with Crippen LogP contribution in [0.1, 0.15) is 31.9 Å². The van der Waals surface area contributed by atoms with Crippen molar-refractivity contribution in [3.63, 3.8) is 0 Å². The fourth-order valence-electron chi connectivity index (χ4n) is 2.43.